The summed E-state index contributed by atoms with van der Waals surface area (Å²) in [5.41, 5.74) is 0.620. The van der Waals surface area contributed by atoms with Crippen molar-refractivity contribution in [1.29, 1.82) is 0 Å². The van der Waals surface area contributed by atoms with Crippen molar-refractivity contribution in [3.05, 3.63) is 84.9 Å². The predicted octanol–water partition coefficient (Wildman–Crippen LogP) is 4.44. The normalized spacial score (nSPS) is 17.5. The van der Waals surface area contributed by atoms with E-state index in [4.69, 9.17) is 4.74 Å². The quantitative estimate of drug-likeness (QED) is 0.128. The molecule has 43 heavy (non-hydrogen) atoms. The van der Waals surface area contributed by atoms with Crippen molar-refractivity contribution in [1.82, 2.24) is 9.47 Å². The first kappa shape index (κ1) is 30.8. The summed E-state index contributed by atoms with van der Waals surface area (Å²) < 4.78 is 11.7. The molecule has 0 spiro atoms. The van der Waals surface area contributed by atoms with Crippen LogP contribution in [0.25, 0.3) is 0 Å². The Morgan fingerprint density at radius 1 is 0.907 bits per heavy atom. The molecule has 0 aromatic carbocycles. The molecule has 1 atom stereocenters. The highest BCUT2D eigenvalue weighted by Crippen LogP contribution is 2.17. The average molecular weight is 583 g/mol. The minimum absolute atomic E-state index is 0.203. The third-order valence-electron chi connectivity index (χ3n) is 6.45. The Hall–Kier alpha value is -5.20. The highest BCUT2D eigenvalue weighted by molar-refractivity contribution is 5.87. The summed E-state index contributed by atoms with van der Waals surface area (Å²) in [7, 11) is 5.71. The van der Waals surface area contributed by atoms with Gasteiger partial charge in [-0.1, -0.05) is 25.1 Å². The first-order valence-electron chi connectivity index (χ1n) is 14.0. The van der Waals surface area contributed by atoms with E-state index in [1.165, 1.54) is 0 Å². The molecule has 0 aliphatic carbocycles. The van der Waals surface area contributed by atoms with Gasteiger partial charge >= 0.3 is 11.6 Å². The van der Waals surface area contributed by atoms with Crippen molar-refractivity contribution in [2.75, 3.05) is 13.2 Å². The van der Waals surface area contributed by atoms with Gasteiger partial charge in [0, 0.05) is 57.4 Å². The van der Waals surface area contributed by atoms with E-state index in [1.54, 1.807) is 13.8 Å². The van der Waals surface area contributed by atoms with Crippen molar-refractivity contribution in [3.8, 4) is 5.75 Å². The van der Waals surface area contributed by atoms with Crippen LogP contribution in [0.4, 0.5) is 11.6 Å². The molecule has 0 fully saturated rings. The van der Waals surface area contributed by atoms with E-state index in [0.717, 1.165) is 18.1 Å². The van der Waals surface area contributed by atoms with Crippen molar-refractivity contribution < 1.29 is 13.9 Å². The lowest BCUT2D eigenvalue weighted by Crippen LogP contribution is -2.36. The van der Waals surface area contributed by atoms with E-state index < -0.39 is 0 Å². The maximum Gasteiger partial charge on any atom is 0.350 e. The topological polar surface area (TPSA) is 124 Å². The number of rotatable bonds is 8. The second-order valence-corrected chi connectivity index (χ2v) is 9.99. The van der Waals surface area contributed by atoms with Crippen molar-refractivity contribution in [3.63, 3.8) is 0 Å². The van der Waals surface area contributed by atoms with Gasteiger partial charge < -0.3 is 14.2 Å². The van der Waals surface area contributed by atoms with Gasteiger partial charge in [-0.05, 0) is 34.8 Å². The Morgan fingerprint density at radius 2 is 1.53 bits per heavy atom. The second-order valence-electron chi connectivity index (χ2n) is 9.99. The summed E-state index contributed by atoms with van der Waals surface area (Å²) in [4.78, 5) is 2.05. The van der Waals surface area contributed by atoms with E-state index in [9.17, 15) is 0 Å². The van der Waals surface area contributed by atoms with Crippen LogP contribution < -0.4 is 19.4 Å². The summed E-state index contributed by atoms with van der Waals surface area (Å²) in [6, 6.07) is 15.2. The molecular formula is C30H38N12O+2. The van der Waals surface area contributed by atoms with E-state index in [-0.39, 0.29) is 5.92 Å². The van der Waals surface area contributed by atoms with Crippen LogP contribution in [-0.4, -0.2) is 40.1 Å². The molecule has 4 rings (SSSR count). The monoisotopic (exact) mass is 582 g/mol. The summed E-state index contributed by atoms with van der Waals surface area (Å²) in [6.07, 6.45) is 10.7. The number of aromatic nitrogens is 3. The first-order chi connectivity index (χ1) is 20.8. The molecule has 0 amide bonds. The molecule has 0 N–H and O–H groups in total. The van der Waals surface area contributed by atoms with Crippen LogP contribution in [0, 0.1) is 5.92 Å². The van der Waals surface area contributed by atoms with Gasteiger partial charge in [0.1, 0.15) is 18.2 Å². The lowest BCUT2D eigenvalue weighted by Gasteiger charge is -2.28. The van der Waals surface area contributed by atoms with Gasteiger partial charge in [0.2, 0.25) is 0 Å². The van der Waals surface area contributed by atoms with Crippen molar-refractivity contribution in [2.45, 2.75) is 27.2 Å². The lowest BCUT2D eigenvalue weighted by atomic mass is 10.0. The molecule has 3 aromatic heterocycles. The maximum atomic E-state index is 6.07. The zero-order valence-corrected chi connectivity index (χ0v) is 25.5. The van der Waals surface area contributed by atoms with Crippen LogP contribution >= 0.6 is 0 Å². The fourth-order valence-electron chi connectivity index (χ4n) is 3.96. The van der Waals surface area contributed by atoms with Crippen LogP contribution in [0.15, 0.2) is 120 Å². The van der Waals surface area contributed by atoms with E-state index in [2.05, 4.69) is 58.8 Å². The molecule has 0 radical (unpaired) electrons. The number of hydrogen-bond acceptors (Lipinski definition) is 7. The Balaban J connectivity index is 1.39. The SMILES string of the molecule is C/C(N=Nc1cccc[n+]1C)=N\N=C1/C(C)CC=CN1CCOc1ccn(C)/c(=N/N=C(\C)N=Nc2cccc[n+]2C)c1. The fourth-order valence-corrected chi connectivity index (χ4v) is 3.96. The summed E-state index contributed by atoms with van der Waals surface area (Å²) in [5, 5.41) is 34.3. The Bertz CT molecular complexity index is 1670. The number of hydrogen-bond donors (Lipinski definition) is 0. The maximum absolute atomic E-state index is 6.07. The number of pyridine rings is 3. The summed E-state index contributed by atoms with van der Waals surface area (Å²) in [5.74, 6) is 4.08. The van der Waals surface area contributed by atoms with Gasteiger partial charge in [-0.25, -0.2) is 9.13 Å². The zero-order valence-electron chi connectivity index (χ0n) is 25.5. The van der Waals surface area contributed by atoms with Gasteiger partial charge in [-0.15, -0.1) is 20.4 Å². The Kier molecular flexibility index (Phi) is 10.8. The molecule has 0 saturated carbocycles. The molecule has 1 aliphatic rings. The standard InChI is InChI=1S/C30H38N12O/c1-23-12-11-18-42(30(23)38-34-25(3)32-36-28-14-8-10-17-40(28)5)20-21-43-26-15-19-41(6)29(22-26)37-33-24(2)31-35-27-13-7-9-16-39(27)4/h7-11,13-19,22-23H,12,20-21H2,1-6H3/q+2. The molecule has 0 bridgehead atoms. The van der Waals surface area contributed by atoms with Crippen molar-refractivity contribution >= 4 is 29.1 Å². The van der Waals surface area contributed by atoms with E-state index >= 15 is 0 Å². The number of aryl methyl sites for hydroxylation is 3. The summed E-state index contributed by atoms with van der Waals surface area (Å²) >= 11 is 0. The Labute approximate surface area is 251 Å². The average Bonchev–Trinajstić information content (AvgIpc) is 3.00. The van der Waals surface area contributed by atoms with Crippen molar-refractivity contribution in [2.24, 2.45) is 67.9 Å². The molecule has 222 valence electrons. The number of allylic oxidation sites excluding steroid dienone is 1. The van der Waals surface area contributed by atoms with E-state index in [0.29, 0.717) is 41.9 Å². The van der Waals surface area contributed by atoms with E-state index in [1.807, 2.05) is 108 Å². The molecule has 1 aliphatic heterocycles. The largest absolute Gasteiger partial charge is 0.492 e. The zero-order chi connectivity index (χ0) is 30.6. The second kappa shape index (κ2) is 15.1. The van der Waals surface area contributed by atoms with Crippen LogP contribution in [0.3, 0.4) is 0 Å². The molecule has 1 unspecified atom stereocenters. The molecule has 4 heterocycles. The lowest BCUT2D eigenvalue weighted by molar-refractivity contribution is -0.658. The van der Waals surface area contributed by atoms with Gasteiger partial charge in [-0.2, -0.15) is 0 Å². The van der Waals surface area contributed by atoms with Crippen LogP contribution in [0.5, 0.6) is 5.75 Å². The predicted molar refractivity (Wildman–Crippen MR) is 164 cm³/mol. The Morgan fingerprint density at radius 3 is 2.16 bits per heavy atom. The molecular weight excluding hydrogens is 544 g/mol. The highest BCUT2D eigenvalue weighted by atomic mass is 16.5. The smallest absolute Gasteiger partial charge is 0.350 e. The molecule has 13 nitrogen and oxygen atoms in total. The minimum atomic E-state index is 0.203. The molecule has 3 aromatic rings. The molecule has 13 heteroatoms. The number of azo groups is 2. The van der Waals surface area contributed by atoms with Gasteiger partial charge in [0.25, 0.3) is 0 Å². The first-order valence-corrected chi connectivity index (χ1v) is 14.0. The minimum Gasteiger partial charge on any atom is -0.492 e. The number of amidine groups is 3. The highest BCUT2D eigenvalue weighted by Gasteiger charge is 2.20. The van der Waals surface area contributed by atoms with Gasteiger partial charge in [0.15, 0.2) is 17.2 Å². The van der Waals surface area contributed by atoms with Gasteiger partial charge in [-0.3, -0.25) is 0 Å². The van der Waals surface area contributed by atoms with Crippen LogP contribution in [-0.2, 0) is 21.1 Å². The van der Waals surface area contributed by atoms with Crippen LogP contribution in [0.1, 0.15) is 27.2 Å². The van der Waals surface area contributed by atoms with Crippen LogP contribution in [0.2, 0.25) is 0 Å². The third kappa shape index (κ3) is 9.15. The number of ether oxygens (including phenoxy) is 1. The van der Waals surface area contributed by atoms with Gasteiger partial charge in [0.05, 0.1) is 43.3 Å². The fraction of sp³-hybridized carbons (Fsp3) is 0.333. The molecule has 0 saturated heterocycles. The summed E-state index contributed by atoms with van der Waals surface area (Å²) in [6.45, 7) is 6.68. The number of nitrogens with zero attached hydrogens (tertiary/aromatic N) is 12. The third-order valence-corrected chi connectivity index (χ3v) is 6.45.